The molecule has 1 aliphatic heterocycles. The molecule has 0 spiro atoms. The van der Waals surface area contributed by atoms with Crippen molar-refractivity contribution in [3.05, 3.63) is 59.1 Å². The third-order valence-electron chi connectivity index (χ3n) is 5.22. The number of nitrogens with zero attached hydrogens (tertiary/aromatic N) is 5. The van der Waals surface area contributed by atoms with Crippen LogP contribution in [0.4, 0.5) is 5.82 Å². The number of fused-ring (bicyclic) bond motifs is 2. The molecule has 0 radical (unpaired) electrons. The molecule has 2 aromatic heterocycles. The highest BCUT2D eigenvalue weighted by molar-refractivity contribution is 9.10. The van der Waals surface area contributed by atoms with E-state index in [0.717, 1.165) is 51.9 Å². The Morgan fingerprint density at radius 3 is 2.85 bits per heavy atom. The van der Waals surface area contributed by atoms with Gasteiger partial charge in [0.05, 0.1) is 22.6 Å². The van der Waals surface area contributed by atoms with Crippen molar-refractivity contribution in [2.45, 2.75) is 18.9 Å². The van der Waals surface area contributed by atoms with Crippen LogP contribution >= 0.6 is 15.9 Å². The van der Waals surface area contributed by atoms with E-state index in [4.69, 9.17) is 4.98 Å². The van der Waals surface area contributed by atoms with Gasteiger partial charge < -0.3 is 9.47 Å². The van der Waals surface area contributed by atoms with E-state index in [9.17, 15) is 0 Å². The lowest BCUT2D eigenvalue weighted by atomic mass is 10.2. The zero-order chi connectivity index (χ0) is 17.7. The van der Waals surface area contributed by atoms with Gasteiger partial charge in [0.1, 0.15) is 18.0 Å². The van der Waals surface area contributed by atoms with Gasteiger partial charge >= 0.3 is 0 Å². The molecule has 5 nitrogen and oxygen atoms in total. The molecule has 0 amide bonds. The SMILES string of the molecule is Cn1c([C@@H]2CCCN2c2ncnc3ccc(Br)cc23)nc2ccccc21. The summed E-state index contributed by atoms with van der Waals surface area (Å²) in [5.41, 5.74) is 3.19. The van der Waals surface area contributed by atoms with Gasteiger partial charge in [0.15, 0.2) is 0 Å². The van der Waals surface area contributed by atoms with E-state index in [1.807, 2.05) is 18.2 Å². The van der Waals surface area contributed by atoms with Crippen LogP contribution in [0.15, 0.2) is 53.3 Å². The molecule has 1 saturated heterocycles. The van der Waals surface area contributed by atoms with Crippen LogP contribution in [0.5, 0.6) is 0 Å². The van der Waals surface area contributed by atoms with Crippen LogP contribution in [0.1, 0.15) is 24.7 Å². The number of para-hydroxylation sites is 2. The number of halogens is 1. The van der Waals surface area contributed by atoms with Crippen molar-refractivity contribution in [3.8, 4) is 0 Å². The summed E-state index contributed by atoms with van der Waals surface area (Å²) in [6.45, 7) is 0.979. The Bertz CT molecular complexity index is 1120. The number of hydrogen-bond acceptors (Lipinski definition) is 4. The second kappa shape index (κ2) is 6.06. The van der Waals surface area contributed by atoms with E-state index >= 15 is 0 Å². The Morgan fingerprint density at radius 2 is 1.96 bits per heavy atom. The Kier molecular flexibility index (Phi) is 3.67. The Morgan fingerprint density at radius 1 is 1.08 bits per heavy atom. The number of benzene rings is 2. The molecule has 0 saturated carbocycles. The third kappa shape index (κ3) is 2.40. The topological polar surface area (TPSA) is 46.8 Å². The van der Waals surface area contributed by atoms with Gasteiger partial charge in [-0.15, -0.1) is 0 Å². The van der Waals surface area contributed by atoms with Gasteiger partial charge in [-0.2, -0.15) is 0 Å². The molecule has 1 fully saturated rings. The van der Waals surface area contributed by atoms with Crippen LogP contribution in [0.3, 0.4) is 0 Å². The molecule has 5 rings (SSSR count). The predicted octanol–water partition coefficient (Wildman–Crippen LogP) is 4.62. The van der Waals surface area contributed by atoms with Crippen molar-refractivity contribution in [1.82, 2.24) is 19.5 Å². The van der Waals surface area contributed by atoms with Crippen molar-refractivity contribution < 1.29 is 0 Å². The maximum absolute atomic E-state index is 4.94. The Balaban J connectivity index is 1.65. The summed E-state index contributed by atoms with van der Waals surface area (Å²) in [5.74, 6) is 2.09. The highest BCUT2D eigenvalue weighted by Gasteiger charge is 2.31. The minimum absolute atomic E-state index is 0.226. The van der Waals surface area contributed by atoms with Crippen molar-refractivity contribution in [2.75, 3.05) is 11.4 Å². The second-order valence-electron chi connectivity index (χ2n) is 6.73. The molecule has 4 aromatic rings. The average Bonchev–Trinajstić information content (AvgIpc) is 3.26. The van der Waals surface area contributed by atoms with E-state index in [1.165, 1.54) is 5.52 Å². The Hall–Kier alpha value is -2.47. The first-order valence-electron chi connectivity index (χ1n) is 8.80. The smallest absolute Gasteiger partial charge is 0.140 e. The molecule has 1 atom stereocenters. The van der Waals surface area contributed by atoms with Gasteiger partial charge in [0.25, 0.3) is 0 Å². The molecule has 0 N–H and O–H groups in total. The van der Waals surface area contributed by atoms with Crippen LogP contribution in [-0.4, -0.2) is 26.1 Å². The number of aryl methyl sites for hydroxylation is 1. The molecule has 0 unspecified atom stereocenters. The quantitative estimate of drug-likeness (QED) is 0.486. The van der Waals surface area contributed by atoms with Gasteiger partial charge in [-0.25, -0.2) is 15.0 Å². The van der Waals surface area contributed by atoms with Gasteiger partial charge in [-0.1, -0.05) is 28.1 Å². The molecular weight excluding hydrogens is 390 g/mol. The van der Waals surface area contributed by atoms with E-state index in [-0.39, 0.29) is 6.04 Å². The fraction of sp³-hybridized carbons (Fsp3) is 0.250. The zero-order valence-corrected chi connectivity index (χ0v) is 16.0. The molecule has 6 heteroatoms. The first kappa shape index (κ1) is 15.8. The highest BCUT2D eigenvalue weighted by atomic mass is 79.9. The Labute approximate surface area is 159 Å². The fourth-order valence-electron chi connectivity index (χ4n) is 3.99. The highest BCUT2D eigenvalue weighted by Crippen LogP contribution is 2.38. The minimum Gasteiger partial charge on any atom is -0.346 e. The number of rotatable bonds is 2. The van der Waals surface area contributed by atoms with Crippen molar-refractivity contribution in [3.63, 3.8) is 0 Å². The van der Waals surface area contributed by atoms with E-state index < -0.39 is 0 Å². The van der Waals surface area contributed by atoms with E-state index in [2.05, 4.69) is 66.7 Å². The lowest BCUT2D eigenvalue weighted by Gasteiger charge is -2.26. The van der Waals surface area contributed by atoms with Crippen LogP contribution in [0.2, 0.25) is 0 Å². The van der Waals surface area contributed by atoms with Gasteiger partial charge in [-0.05, 0) is 43.2 Å². The first-order chi connectivity index (χ1) is 12.7. The summed E-state index contributed by atoms with van der Waals surface area (Å²) < 4.78 is 3.26. The normalized spacial score (nSPS) is 17.5. The summed E-state index contributed by atoms with van der Waals surface area (Å²) in [4.78, 5) is 16.4. The minimum atomic E-state index is 0.226. The van der Waals surface area contributed by atoms with Crippen LogP contribution in [0, 0.1) is 0 Å². The van der Waals surface area contributed by atoms with E-state index in [0.29, 0.717) is 0 Å². The van der Waals surface area contributed by atoms with E-state index in [1.54, 1.807) is 6.33 Å². The third-order valence-corrected chi connectivity index (χ3v) is 5.71. The molecule has 0 aliphatic carbocycles. The molecule has 0 bridgehead atoms. The first-order valence-corrected chi connectivity index (χ1v) is 9.60. The molecule has 1 aliphatic rings. The van der Waals surface area contributed by atoms with Crippen molar-refractivity contribution >= 4 is 43.7 Å². The summed E-state index contributed by atoms with van der Waals surface area (Å²) >= 11 is 3.58. The zero-order valence-electron chi connectivity index (χ0n) is 14.4. The second-order valence-corrected chi connectivity index (χ2v) is 7.64. The molecule has 130 valence electrons. The summed E-state index contributed by atoms with van der Waals surface area (Å²) in [6.07, 6.45) is 3.87. The molecule has 2 aromatic carbocycles. The number of anilines is 1. The van der Waals surface area contributed by atoms with Crippen molar-refractivity contribution in [2.24, 2.45) is 7.05 Å². The predicted molar refractivity (Wildman–Crippen MR) is 107 cm³/mol. The lowest BCUT2D eigenvalue weighted by molar-refractivity contribution is 0.634. The number of hydrogen-bond donors (Lipinski definition) is 0. The number of aromatic nitrogens is 4. The summed E-state index contributed by atoms with van der Waals surface area (Å²) in [5, 5.41) is 1.08. The monoisotopic (exact) mass is 407 g/mol. The maximum atomic E-state index is 4.94. The molecule has 26 heavy (non-hydrogen) atoms. The largest absolute Gasteiger partial charge is 0.346 e. The lowest BCUT2D eigenvalue weighted by Crippen LogP contribution is -2.26. The van der Waals surface area contributed by atoms with Gasteiger partial charge in [0, 0.05) is 23.5 Å². The maximum Gasteiger partial charge on any atom is 0.140 e. The number of imidazole rings is 1. The fourth-order valence-corrected chi connectivity index (χ4v) is 4.36. The van der Waals surface area contributed by atoms with Gasteiger partial charge in [-0.3, -0.25) is 0 Å². The molecule has 3 heterocycles. The van der Waals surface area contributed by atoms with Crippen LogP contribution in [-0.2, 0) is 7.05 Å². The van der Waals surface area contributed by atoms with Gasteiger partial charge in [0.2, 0.25) is 0 Å². The standard InChI is InChI=1S/C20H18BrN5/c1-25-17-6-3-2-5-16(17)24-20(25)18-7-4-10-26(18)19-14-11-13(21)8-9-15(14)22-12-23-19/h2-3,5-6,8-9,11-12,18H,4,7,10H2,1H3/t18-/m0/s1. The van der Waals surface area contributed by atoms with Crippen LogP contribution < -0.4 is 4.90 Å². The summed E-state index contributed by atoms with van der Waals surface area (Å²) in [7, 11) is 2.11. The van der Waals surface area contributed by atoms with Crippen LogP contribution in [0.25, 0.3) is 21.9 Å². The molecular formula is C20H18BrN5. The average molecular weight is 408 g/mol. The summed E-state index contributed by atoms with van der Waals surface area (Å²) in [6, 6.07) is 14.7. The van der Waals surface area contributed by atoms with Crippen molar-refractivity contribution in [1.29, 1.82) is 0 Å².